The van der Waals surface area contributed by atoms with Gasteiger partial charge >= 0.3 is 7.60 Å². The molecule has 1 aliphatic carbocycles. The van der Waals surface area contributed by atoms with E-state index in [1.807, 2.05) is 60.7 Å². The predicted octanol–water partition coefficient (Wildman–Crippen LogP) is 7.54. The Bertz CT molecular complexity index is 915. The second kappa shape index (κ2) is 9.43. The van der Waals surface area contributed by atoms with Gasteiger partial charge in [0.1, 0.15) is 0 Å². The lowest BCUT2D eigenvalue weighted by Gasteiger charge is -2.27. The highest BCUT2D eigenvalue weighted by Crippen LogP contribution is 2.63. The number of rotatable bonds is 6. The quantitative estimate of drug-likeness (QED) is 0.346. The summed E-state index contributed by atoms with van der Waals surface area (Å²) in [7, 11) is -0.745. The van der Waals surface area contributed by atoms with E-state index in [9.17, 15) is 4.57 Å². The minimum atomic E-state index is -3.53. The normalized spacial score (nSPS) is 18.1. The van der Waals surface area contributed by atoms with E-state index in [2.05, 4.69) is 0 Å². The Labute approximate surface area is 176 Å². The van der Waals surface area contributed by atoms with Crippen molar-refractivity contribution in [2.45, 2.75) is 24.6 Å². The number of alkyl halides is 1. The molecule has 1 unspecified atom stereocenters. The van der Waals surface area contributed by atoms with E-state index < -0.39 is 7.60 Å². The summed E-state index contributed by atoms with van der Waals surface area (Å²) < 4.78 is 24.1. The Morgan fingerprint density at radius 3 is 2.11 bits per heavy atom. The zero-order valence-electron chi connectivity index (χ0n) is 15.9. The van der Waals surface area contributed by atoms with Crippen molar-refractivity contribution in [3.05, 3.63) is 88.0 Å². The van der Waals surface area contributed by atoms with E-state index in [0.717, 1.165) is 35.1 Å². The minimum absolute atomic E-state index is 0.342. The maximum atomic E-state index is 13.4. The maximum Gasteiger partial charge on any atom is 0.361 e. The third-order valence-corrected chi connectivity index (χ3v) is 7.93. The molecule has 0 spiro atoms. The molecule has 0 saturated carbocycles. The molecule has 2 aromatic carbocycles. The Morgan fingerprint density at radius 1 is 0.964 bits per heavy atom. The molecule has 0 aromatic heterocycles. The highest BCUT2D eigenvalue weighted by Gasteiger charge is 2.35. The lowest BCUT2D eigenvalue weighted by atomic mass is 9.89. The number of halogens is 2. The number of hydrogen-bond acceptors (Lipinski definition) is 3. The molecular formula is C22H23Cl2O3P. The van der Waals surface area contributed by atoms with E-state index in [0.29, 0.717) is 16.8 Å². The molecule has 0 heterocycles. The van der Waals surface area contributed by atoms with Gasteiger partial charge in [-0.05, 0) is 41.5 Å². The second-order valence-corrected chi connectivity index (χ2v) is 9.51. The van der Waals surface area contributed by atoms with Crippen LogP contribution in [0.3, 0.4) is 0 Å². The Morgan fingerprint density at radius 2 is 1.54 bits per heavy atom. The van der Waals surface area contributed by atoms with Crippen molar-refractivity contribution in [3.63, 3.8) is 0 Å². The molecule has 28 heavy (non-hydrogen) atoms. The number of allylic oxidation sites excluding steroid dienone is 3. The molecule has 0 aliphatic heterocycles. The van der Waals surface area contributed by atoms with E-state index in [1.54, 1.807) is 0 Å². The Balaban J connectivity index is 2.20. The maximum absolute atomic E-state index is 13.4. The molecule has 3 nitrogen and oxygen atoms in total. The van der Waals surface area contributed by atoms with Crippen LogP contribution in [0.25, 0.3) is 5.31 Å². The van der Waals surface area contributed by atoms with Crippen LogP contribution in [0.5, 0.6) is 0 Å². The van der Waals surface area contributed by atoms with Crippen LogP contribution in [0.15, 0.2) is 76.8 Å². The number of benzene rings is 2. The van der Waals surface area contributed by atoms with Gasteiger partial charge in [0, 0.05) is 19.3 Å². The fraction of sp³-hybridized carbons (Fsp3) is 0.273. The molecule has 148 valence electrons. The highest BCUT2D eigenvalue weighted by molar-refractivity contribution is 7.65. The smallest absolute Gasteiger partial charge is 0.309 e. The van der Waals surface area contributed by atoms with Gasteiger partial charge in [-0.15, -0.1) is 11.6 Å². The zero-order chi connectivity index (χ0) is 20.1. The molecule has 0 N–H and O–H groups in total. The summed E-state index contributed by atoms with van der Waals surface area (Å²) in [6.07, 6.45) is 2.33. The molecule has 0 radical (unpaired) electrons. The highest BCUT2D eigenvalue weighted by atomic mass is 35.5. The van der Waals surface area contributed by atoms with Crippen LogP contribution >= 0.6 is 30.8 Å². The summed E-state index contributed by atoms with van der Waals surface area (Å²) in [5.74, 6) is 0. The van der Waals surface area contributed by atoms with Crippen LogP contribution in [0.4, 0.5) is 0 Å². The van der Waals surface area contributed by atoms with Gasteiger partial charge in [-0.25, -0.2) is 0 Å². The SMILES string of the molecule is COP(=O)(OC)/C(=C1/CCCC(C(Cl)c2ccccc2)=C1Cl)c1ccccc1. The summed E-state index contributed by atoms with van der Waals surface area (Å²) in [6, 6.07) is 19.3. The monoisotopic (exact) mass is 436 g/mol. The van der Waals surface area contributed by atoms with Gasteiger partial charge in [-0.3, -0.25) is 4.57 Å². The summed E-state index contributed by atoms with van der Waals surface area (Å²) in [5.41, 5.74) is 3.47. The van der Waals surface area contributed by atoms with Crippen molar-refractivity contribution in [2.24, 2.45) is 0 Å². The molecule has 0 fully saturated rings. The van der Waals surface area contributed by atoms with Crippen LogP contribution < -0.4 is 0 Å². The van der Waals surface area contributed by atoms with Gasteiger partial charge < -0.3 is 9.05 Å². The third-order valence-electron chi connectivity index (χ3n) is 4.91. The second-order valence-electron chi connectivity index (χ2n) is 6.52. The summed E-state index contributed by atoms with van der Waals surface area (Å²) >= 11 is 13.6. The van der Waals surface area contributed by atoms with E-state index >= 15 is 0 Å². The fourth-order valence-electron chi connectivity index (χ4n) is 3.50. The molecular weight excluding hydrogens is 414 g/mol. The van der Waals surface area contributed by atoms with Gasteiger partial charge in [0.2, 0.25) is 0 Å². The molecule has 1 atom stereocenters. The van der Waals surface area contributed by atoms with Gasteiger partial charge in [-0.1, -0.05) is 72.3 Å². The van der Waals surface area contributed by atoms with Crippen molar-refractivity contribution >= 4 is 36.1 Å². The average Bonchev–Trinajstić information content (AvgIpc) is 2.76. The van der Waals surface area contributed by atoms with Gasteiger partial charge in [-0.2, -0.15) is 0 Å². The Kier molecular flexibility index (Phi) is 7.20. The Hall–Kier alpha value is -1.35. The zero-order valence-corrected chi connectivity index (χ0v) is 18.3. The van der Waals surface area contributed by atoms with Crippen molar-refractivity contribution in [2.75, 3.05) is 14.2 Å². The first-order chi connectivity index (χ1) is 13.5. The van der Waals surface area contributed by atoms with Crippen molar-refractivity contribution < 1.29 is 13.6 Å². The lowest BCUT2D eigenvalue weighted by Crippen LogP contribution is -2.08. The molecule has 0 bridgehead atoms. The van der Waals surface area contributed by atoms with Gasteiger partial charge in [0.25, 0.3) is 0 Å². The fourth-order valence-corrected chi connectivity index (χ4v) is 5.91. The van der Waals surface area contributed by atoms with Crippen molar-refractivity contribution in [3.8, 4) is 0 Å². The third kappa shape index (κ3) is 4.30. The number of hydrogen-bond donors (Lipinski definition) is 0. The molecule has 2 aromatic rings. The van der Waals surface area contributed by atoms with Crippen LogP contribution in [0.2, 0.25) is 0 Å². The predicted molar refractivity (Wildman–Crippen MR) is 117 cm³/mol. The first-order valence-corrected chi connectivity index (χ1v) is 11.5. The standard InChI is InChI=1S/C22H23Cl2O3P/c1-26-28(25,27-2)22(17-12-7-4-8-13-17)19-15-9-14-18(21(19)24)20(23)16-10-5-3-6-11-16/h3-8,10-13,20H,9,14-15H2,1-2H3/b22-19-. The first kappa shape index (κ1) is 21.4. The molecule has 6 heteroatoms. The van der Waals surface area contributed by atoms with Crippen molar-refractivity contribution in [1.82, 2.24) is 0 Å². The van der Waals surface area contributed by atoms with Gasteiger partial charge in [0.05, 0.1) is 10.7 Å². The topological polar surface area (TPSA) is 35.5 Å². The van der Waals surface area contributed by atoms with E-state index in [1.165, 1.54) is 14.2 Å². The molecule has 1 aliphatic rings. The van der Waals surface area contributed by atoms with Crippen LogP contribution in [0, 0.1) is 0 Å². The summed E-state index contributed by atoms with van der Waals surface area (Å²) in [4.78, 5) is 0. The minimum Gasteiger partial charge on any atom is -0.309 e. The van der Waals surface area contributed by atoms with Crippen LogP contribution in [-0.2, 0) is 13.6 Å². The first-order valence-electron chi connectivity index (χ1n) is 9.10. The van der Waals surface area contributed by atoms with Crippen LogP contribution in [0.1, 0.15) is 35.8 Å². The lowest BCUT2D eigenvalue weighted by molar-refractivity contribution is 0.288. The van der Waals surface area contributed by atoms with Gasteiger partial charge in [0.15, 0.2) is 0 Å². The average molecular weight is 437 g/mol. The molecule has 3 rings (SSSR count). The molecule has 0 amide bonds. The van der Waals surface area contributed by atoms with E-state index in [-0.39, 0.29) is 5.38 Å². The summed E-state index contributed by atoms with van der Waals surface area (Å²) in [5, 5.41) is 0.728. The summed E-state index contributed by atoms with van der Waals surface area (Å²) in [6.45, 7) is 0. The van der Waals surface area contributed by atoms with Crippen LogP contribution in [-0.4, -0.2) is 14.2 Å². The largest absolute Gasteiger partial charge is 0.361 e. The van der Waals surface area contributed by atoms with E-state index in [4.69, 9.17) is 32.2 Å². The molecule has 0 saturated heterocycles. The van der Waals surface area contributed by atoms with Crippen molar-refractivity contribution in [1.29, 1.82) is 0 Å².